The van der Waals surface area contributed by atoms with Gasteiger partial charge in [0.15, 0.2) is 0 Å². The number of likely N-dealkylation sites (tertiary alicyclic amines) is 1. The van der Waals surface area contributed by atoms with Crippen molar-refractivity contribution in [2.45, 2.75) is 51.3 Å². The number of amides is 1. The molecule has 32 heavy (non-hydrogen) atoms. The van der Waals surface area contributed by atoms with Crippen LogP contribution in [0.2, 0.25) is 0 Å². The van der Waals surface area contributed by atoms with Gasteiger partial charge in [-0.15, -0.1) is 0 Å². The molecule has 7 nitrogen and oxygen atoms in total. The van der Waals surface area contributed by atoms with E-state index in [1.807, 2.05) is 32.6 Å². The van der Waals surface area contributed by atoms with Gasteiger partial charge in [-0.25, -0.2) is 17.8 Å². The number of benzene rings is 1. The van der Waals surface area contributed by atoms with Gasteiger partial charge in [-0.05, 0) is 60.2 Å². The highest BCUT2D eigenvalue weighted by molar-refractivity contribution is 7.90. The molecule has 1 fully saturated rings. The first-order valence-electron chi connectivity index (χ1n) is 10.6. The van der Waals surface area contributed by atoms with Crippen LogP contribution in [0.1, 0.15) is 44.7 Å². The van der Waals surface area contributed by atoms with Gasteiger partial charge in [0.1, 0.15) is 11.1 Å². The Bertz CT molecular complexity index is 1100. The summed E-state index contributed by atoms with van der Waals surface area (Å²) in [6.07, 6.45) is 1.35. The molecule has 0 unspecified atom stereocenters. The molecule has 0 atom stereocenters. The number of carbonyl (C=O) groups is 1. The van der Waals surface area contributed by atoms with Crippen molar-refractivity contribution in [3.63, 3.8) is 0 Å². The minimum absolute atomic E-state index is 0.0705. The number of pyridine rings is 1. The first-order chi connectivity index (χ1) is 15.0. The predicted molar refractivity (Wildman–Crippen MR) is 122 cm³/mol. The fourth-order valence-electron chi connectivity index (χ4n) is 3.84. The number of nitrogens with one attached hydrogen (secondary N) is 1. The smallest absolute Gasteiger partial charge is 0.240 e. The Balaban J connectivity index is 1.90. The van der Waals surface area contributed by atoms with E-state index in [-0.39, 0.29) is 18.4 Å². The van der Waals surface area contributed by atoms with Crippen LogP contribution in [-0.4, -0.2) is 55.7 Å². The van der Waals surface area contributed by atoms with E-state index in [1.54, 1.807) is 18.3 Å². The van der Waals surface area contributed by atoms with Crippen molar-refractivity contribution < 1.29 is 22.3 Å². The van der Waals surface area contributed by atoms with Gasteiger partial charge in [0, 0.05) is 31.4 Å². The fraction of sp³-hybridized carbons (Fsp3) is 0.478. The Labute approximate surface area is 189 Å². The quantitative estimate of drug-likeness (QED) is 0.647. The lowest BCUT2D eigenvalue weighted by atomic mass is 9.88. The molecule has 2 heterocycles. The lowest BCUT2D eigenvalue weighted by Gasteiger charge is -2.41. The van der Waals surface area contributed by atoms with Gasteiger partial charge in [0.25, 0.3) is 0 Å². The summed E-state index contributed by atoms with van der Waals surface area (Å²) in [7, 11) is -2.30. The van der Waals surface area contributed by atoms with Crippen LogP contribution in [-0.2, 0) is 21.2 Å². The molecule has 0 aliphatic carbocycles. The average molecular weight is 464 g/mol. The van der Waals surface area contributed by atoms with E-state index in [0.717, 1.165) is 0 Å². The highest BCUT2D eigenvalue weighted by Gasteiger charge is 2.39. The number of aromatic nitrogens is 1. The summed E-state index contributed by atoms with van der Waals surface area (Å²) in [5.41, 5.74) is 2.38. The van der Waals surface area contributed by atoms with Crippen molar-refractivity contribution in [3.8, 4) is 17.0 Å². The van der Waals surface area contributed by atoms with Crippen molar-refractivity contribution in [2.75, 3.05) is 20.2 Å². The third-order valence-electron chi connectivity index (χ3n) is 5.77. The number of hydrogen-bond acceptors (Lipinski definition) is 6. The summed E-state index contributed by atoms with van der Waals surface area (Å²) in [6.45, 7) is 8.60. The van der Waals surface area contributed by atoms with E-state index in [9.17, 15) is 17.6 Å². The normalized spacial score (nSPS) is 15.1. The molecular formula is C23H30FN3O4S. The maximum atomic E-state index is 14.5. The van der Waals surface area contributed by atoms with E-state index in [2.05, 4.69) is 9.71 Å². The van der Waals surface area contributed by atoms with E-state index >= 15 is 0 Å². The Morgan fingerprint density at radius 1 is 1.25 bits per heavy atom. The Morgan fingerprint density at radius 3 is 2.53 bits per heavy atom. The first kappa shape index (κ1) is 24.1. The van der Waals surface area contributed by atoms with Crippen molar-refractivity contribution in [1.29, 1.82) is 0 Å². The molecule has 3 rings (SSSR count). The highest BCUT2D eigenvalue weighted by Crippen LogP contribution is 2.33. The summed E-state index contributed by atoms with van der Waals surface area (Å²) >= 11 is 0. The number of sulfonamides is 1. The Hall–Kier alpha value is -2.52. The molecule has 174 valence electrons. The molecule has 1 aliphatic rings. The second-order valence-corrected chi connectivity index (χ2v) is 10.6. The number of rotatable bonds is 8. The fourth-order valence-corrected chi connectivity index (χ4v) is 5.17. The molecule has 9 heteroatoms. The lowest BCUT2D eigenvalue weighted by molar-refractivity contribution is -0.118. The van der Waals surface area contributed by atoms with Crippen LogP contribution in [0.4, 0.5) is 4.39 Å². The van der Waals surface area contributed by atoms with Gasteiger partial charge in [-0.2, -0.15) is 0 Å². The van der Waals surface area contributed by atoms with Gasteiger partial charge in [0.05, 0.1) is 13.5 Å². The number of hydrogen-bond donors (Lipinski definition) is 1. The third-order valence-corrected chi connectivity index (χ3v) is 7.45. The van der Waals surface area contributed by atoms with Crippen LogP contribution < -0.4 is 9.46 Å². The number of methoxy groups -OCH3 is 1. The minimum atomic E-state index is -3.78. The molecule has 1 aliphatic heterocycles. The Morgan fingerprint density at radius 2 is 1.94 bits per heavy atom. The van der Waals surface area contributed by atoms with E-state index in [1.165, 1.54) is 19.2 Å². The van der Waals surface area contributed by atoms with Crippen molar-refractivity contribution in [2.24, 2.45) is 0 Å². The van der Waals surface area contributed by atoms with Gasteiger partial charge >= 0.3 is 0 Å². The molecule has 0 bridgehead atoms. The summed E-state index contributed by atoms with van der Waals surface area (Å²) < 4.78 is 47.2. The number of carbonyl (C=O) groups excluding carboxylic acids is 1. The monoisotopic (exact) mass is 463 g/mol. The highest BCUT2D eigenvalue weighted by atomic mass is 32.2. The van der Waals surface area contributed by atoms with Crippen LogP contribution in [0.3, 0.4) is 0 Å². The van der Waals surface area contributed by atoms with E-state index < -0.39 is 27.0 Å². The maximum absolute atomic E-state index is 14.5. The zero-order chi connectivity index (χ0) is 23.6. The molecule has 1 N–H and O–H groups in total. The molecule has 0 spiro atoms. The molecule has 1 amide bonds. The molecule has 1 saturated heterocycles. The van der Waals surface area contributed by atoms with Crippen LogP contribution in [0, 0.1) is 5.82 Å². The Kier molecular flexibility index (Phi) is 7.19. The lowest BCUT2D eigenvalue weighted by Crippen LogP contribution is -2.60. The molecule has 2 aromatic rings. The van der Waals surface area contributed by atoms with Crippen LogP contribution in [0.25, 0.3) is 11.1 Å². The second-order valence-electron chi connectivity index (χ2n) is 8.68. The van der Waals surface area contributed by atoms with E-state index in [0.29, 0.717) is 41.2 Å². The summed E-state index contributed by atoms with van der Waals surface area (Å²) in [5.74, 6) is -0.780. The summed E-state index contributed by atoms with van der Waals surface area (Å²) in [5, 5.41) is -0.615. The van der Waals surface area contributed by atoms with Crippen molar-refractivity contribution >= 4 is 15.9 Å². The molecular weight excluding hydrogens is 433 g/mol. The zero-order valence-electron chi connectivity index (χ0n) is 19.1. The molecule has 0 saturated carbocycles. The molecule has 1 aromatic heterocycles. The minimum Gasteiger partial charge on any atom is -0.481 e. The van der Waals surface area contributed by atoms with Gasteiger partial charge in [-0.3, -0.25) is 14.4 Å². The SMILES string of the molecule is COc1cc(-c2cc(F)cc(C(C)C)c2CC(=O)NS(=O)(=O)C2CN(C(C)C)C2)ccn1. The third kappa shape index (κ3) is 5.27. The number of nitrogens with zero attached hydrogens (tertiary/aromatic N) is 2. The van der Waals surface area contributed by atoms with Crippen LogP contribution >= 0.6 is 0 Å². The van der Waals surface area contributed by atoms with Gasteiger partial charge < -0.3 is 4.74 Å². The molecule has 0 radical (unpaired) electrons. The first-order valence-corrected chi connectivity index (χ1v) is 12.2. The summed E-state index contributed by atoms with van der Waals surface area (Å²) in [4.78, 5) is 18.9. The number of ether oxygens (including phenoxy) is 1. The van der Waals surface area contributed by atoms with Gasteiger partial charge in [-0.1, -0.05) is 13.8 Å². The van der Waals surface area contributed by atoms with E-state index in [4.69, 9.17) is 4.74 Å². The van der Waals surface area contributed by atoms with Crippen LogP contribution in [0.15, 0.2) is 30.5 Å². The standard InChI is InChI=1S/C23H30FN3O4S/c1-14(2)19-9-17(24)10-20(16-6-7-25-23(8-16)31-5)21(19)11-22(28)26-32(29,30)18-12-27(13-18)15(3)4/h6-10,14-15,18H,11-13H2,1-5H3,(H,26,28). The largest absolute Gasteiger partial charge is 0.481 e. The summed E-state index contributed by atoms with van der Waals surface area (Å²) in [6, 6.07) is 6.37. The van der Waals surface area contributed by atoms with Gasteiger partial charge in [0.2, 0.25) is 21.8 Å². The zero-order valence-corrected chi connectivity index (χ0v) is 19.9. The average Bonchev–Trinajstić information content (AvgIpc) is 2.66. The van der Waals surface area contributed by atoms with Crippen LogP contribution in [0.5, 0.6) is 5.88 Å². The maximum Gasteiger partial charge on any atom is 0.240 e. The predicted octanol–water partition coefficient (Wildman–Crippen LogP) is 3.10. The topological polar surface area (TPSA) is 88.6 Å². The second kappa shape index (κ2) is 9.54. The van der Waals surface area contributed by atoms with Crippen molar-refractivity contribution in [1.82, 2.24) is 14.6 Å². The molecule has 1 aromatic carbocycles. The van der Waals surface area contributed by atoms with Crippen molar-refractivity contribution in [3.05, 3.63) is 47.4 Å². The number of halogens is 1.